The molecule has 0 radical (unpaired) electrons. The average molecular weight is 327 g/mol. The van der Waals surface area contributed by atoms with E-state index in [0.29, 0.717) is 12.1 Å². The van der Waals surface area contributed by atoms with Gasteiger partial charge in [-0.05, 0) is 23.3 Å². The van der Waals surface area contributed by atoms with Gasteiger partial charge < -0.3 is 10.0 Å². The van der Waals surface area contributed by atoms with Gasteiger partial charge in [-0.3, -0.25) is 9.59 Å². The molecule has 2 atom stereocenters. The quantitative estimate of drug-likeness (QED) is 0.939. The highest BCUT2D eigenvalue weighted by molar-refractivity contribution is 5.82. The number of rotatable bonds is 4. The summed E-state index contributed by atoms with van der Waals surface area (Å²) in [5.41, 5.74) is 1.66. The topological polar surface area (TPSA) is 57.6 Å². The van der Waals surface area contributed by atoms with Crippen LogP contribution in [0.1, 0.15) is 23.5 Å². The number of carboxylic acids is 1. The van der Waals surface area contributed by atoms with Gasteiger partial charge in [0.25, 0.3) is 0 Å². The molecule has 1 aliphatic rings. The first kappa shape index (κ1) is 16.2. The summed E-state index contributed by atoms with van der Waals surface area (Å²) >= 11 is 0. The number of hydrogen-bond donors (Lipinski definition) is 1. The van der Waals surface area contributed by atoms with Crippen molar-refractivity contribution in [3.8, 4) is 0 Å². The highest BCUT2D eigenvalue weighted by atomic mass is 19.1. The number of piperidine rings is 1. The third-order valence-corrected chi connectivity index (χ3v) is 4.48. The lowest BCUT2D eigenvalue weighted by Gasteiger charge is -2.36. The molecular weight excluding hydrogens is 309 g/mol. The summed E-state index contributed by atoms with van der Waals surface area (Å²) < 4.78 is 13.1. The van der Waals surface area contributed by atoms with E-state index in [4.69, 9.17) is 0 Å². The van der Waals surface area contributed by atoms with Crippen molar-refractivity contribution in [1.29, 1.82) is 0 Å². The first-order valence-electron chi connectivity index (χ1n) is 7.84. The number of carbonyl (C=O) groups excluding carboxylic acids is 1. The van der Waals surface area contributed by atoms with Gasteiger partial charge in [-0.2, -0.15) is 0 Å². The fraction of sp³-hybridized carbons (Fsp3) is 0.263. The van der Waals surface area contributed by atoms with Crippen molar-refractivity contribution >= 4 is 11.9 Å². The van der Waals surface area contributed by atoms with Crippen molar-refractivity contribution in [2.24, 2.45) is 5.92 Å². The summed E-state index contributed by atoms with van der Waals surface area (Å²) in [4.78, 5) is 25.8. The number of nitrogens with zero attached hydrogens (tertiary/aromatic N) is 1. The Balaban J connectivity index is 1.81. The van der Waals surface area contributed by atoms with Gasteiger partial charge in [-0.15, -0.1) is 0 Å². The maximum atomic E-state index is 13.1. The zero-order valence-corrected chi connectivity index (χ0v) is 13.1. The predicted molar refractivity (Wildman–Crippen MR) is 86.7 cm³/mol. The molecule has 0 saturated carbocycles. The van der Waals surface area contributed by atoms with Gasteiger partial charge in [0.15, 0.2) is 0 Å². The van der Waals surface area contributed by atoms with E-state index in [-0.39, 0.29) is 24.7 Å². The summed E-state index contributed by atoms with van der Waals surface area (Å²) in [5.74, 6) is -2.52. The molecular formula is C19H18FNO3. The SMILES string of the molecule is O=C(O)C1CN(Cc2ccccc2)C(=O)CC1c1ccc(F)cc1. The maximum Gasteiger partial charge on any atom is 0.308 e. The summed E-state index contributed by atoms with van der Waals surface area (Å²) in [5, 5.41) is 9.58. The summed E-state index contributed by atoms with van der Waals surface area (Å²) in [6.07, 6.45) is 0.120. The van der Waals surface area contributed by atoms with Crippen molar-refractivity contribution in [1.82, 2.24) is 4.90 Å². The van der Waals surface area contributed by atoms with E-state index in [0.717, 1.165) is 5.56 Å². The number of hydrogen-bond acceptors (Lipinski definition) is 2. The van der Waals surface area contributed by atoms with Crippen LogP contribution in [0.3, 0.4) is 0 Å². The summed E-state index contributed by atoms with van der Waals surface area (Å²) in [7, 11) is 0. The first-order valence-corrected chi connectivity index (χ1v) is 7.84. The Morgan fingerprint density at radius 3 is 2.42 bits per heavy atom. The van der Waals surface area contributed by atoms with Gasteiger partial charge in [0.2, 0.25) is 5.91 Å². The molecule has 124 valence electrons. The molecule has 4 nitrogen and oxygen atoms in total. The van der Waals surface area contributed by atoms with Crippen LogP contribution in [-0.4, -0.2) is 28.4 Å². The molecule has 1 fully saturated rings. The normalized spacial score (nSPS) is 20.9. The molecule has 3 rings (SSSR count). The predicted octanol–water partition coefficient (Wildman–Crippen LogP) is 3.04. The van der Waals surface area contributed by atoms with Crippen molar-refractivity contribution in [3.63, 3.8) is 0 Å². The van der Waals surface area contributed by atoms with E-state index in [2.05, 4.69) is 0 Å². The van der Waals surface area contributed by atoms with Crippen molar-refractivity contribution < 1.29 is 19.1 Å². The van der Waals surface area contributed by atoms with E-state index in [1.165, 1.54) is 12.1 Å². The molecule has 1 N–H and O–H groups in total. The Kier molecular flexibility index (Phi) is 4.60. The largest absolute Gasteiger partial charge is 0.481 e. The molecule has 24 heavy (non-hydrogen) atoms. The van der Waals surface area contributed by atoms with Crippen LogP contribution < -0.4 is 0 Å². The minimum Gasteiger partial charge on any atom is -0.481 e. The standard InChI is InChI=1S/C19H18FNO3/c20-15-8-6-14(7-9-15)16-10-18(22)21(12-17(16)19(23)24)11-13-4-2-1-3-5-13/h1-9,16-17H,10-12H2,(H,23,24). The number of carboxylic acid groups (broad SMARTS) is 1. The smallest absolute Gasteiger partial charge is 0.308 e. The second-order valence-corrected chi connectivity index (χ2v) is 6.07. The van der Waals surface area contributed by atoms with Gasteiger partial charge in [0, 0.05) is 25.4 Å². The molecule has 5 heteroatoms. The molecule has 2 aromatic rings. The summed E-state index contributed by atoms with van der Waals surface area (Å²) in [6, 6.07) is 15.2. The van der Waals surface area contributed by atoms with Crippen LogP contribution in [-0.2, 0) is 16.1 Å². The maximum absolute atomic E-state index is 13.1. The lowest BCUT2D eigenvalue weighted by molar-refractivity contribution is -0.149. The van der Waals surface area contributed by atoms with Crippen LogP contribution in [0.5, 0.6) is 0 Å². The number of benzene rings is 2. The Hall–Kier alpha value is -2.69. The van der Waals surface area contributed by atoms with Crippen LogP contribution in [0, 0.1) is 11.7 Å². The van der Waals surface area contributed by atoms with Crippen molar-refractivity contribution in [2.45, 2.75) is 18.9 Å². The molecule has 2 unspecified atom stereocenters. The van der Waals surface area contributed by atoms with Crippen molar-refractivity contribution in [3.05, 3.63) is 71.5 Å². The van der Waals surface area contributed by atoms with Gasteiger partial charge >= 0.3 is 5.97 Å². The van der Waals surface area contributed by atoms with Crippen LogP contribution in [0.2, 0.25) is 0 Å². The number of carbonyl (C=O) groups is 2. The van der Waals surface area contributed by atoms with E-state index < -0.39 is 17.8 Å². The molecule has 0 bridgehead atoms. The Labute approximate surface area is 139 Å². The Morgan fingerprint density at radius 1 is 1.12 bits per heavy atom. The van der Waals surface area contributed by atoms with Gasteiger partial charge in [0.1, 0.15) is 5.82 Å². The van der Waals surface area contributed by atoms with Crippen LogP contribution in [0.25, 0.3) is 0 Å². The van der Waals surface area contributed by atoms with E-state index >= 15 is 0 Å². The second kappa shape index (κ2) is 6.83. The van der Waals surface area contributed by atoms with Gasteiger partial charge in [0.05, 0.1) is 5.92 Å². The minimum atomic E-state index is -0.935. The monoisotopic (exact) mass is 327 g/mol. The van der Waals surface area contributed by atoms with Crippen LogP contribution in [0.4, 0.5) is 4.39 Å². The van der Waals surface area contributed by atoms with Gasteiger partial charge in [-0.25, -0.2) is 4.39 Å². The third kappa shape index (κ3) is 3.45. The van der Waals surface area contributed by atoms with Crippen molar-refractivity contribution in [2.75, 3.05) is 6.54 Å². The molecule has 1 aliphatic heterocycles. The van der Waals surface area contributed by atoms with E-state index in [9.17, 15) is 19.1 Å². The highest BCUT2D eigenvalue weighted by Gasteiger charge is 2.39. The molecule has 0 aliphatic carbocycles. The molecule has 0 spiro atoms. The fourth-order valence-corrected chi connectivity index (χ4v) is 3.19. The number of aliphatic carboxylic acids is 1. The van der Waals surface area contributed by atoms with Crippen LogP contribution in [0.15, 0.2) is 54.6 Å². The van der Waals surface area contributed by atoms with Crippen LogP contribution >= 0.6 is 0 Å². The molecule has 2 aromatic carbocycles. The average Bonchev–Trinajstić information content (AvgIpc) is 2.58. The molecule has 1 amide bonds. The zero-order chi connectivity index (χ0) is 17.1. The fourth-order valence-electron chi connectivity index (χ4n) is 3.19. The molecule has 0 aromatic heterocycles. The number of amides is 1. The Bertz CT molecular complexity index is 730. The lowest BCUT2D eigenvalue weighted by Crippen LogP contribution is -2.45. The second-order valence-electron chi connectivity index (χ2n) is 6.07. The number of likely N-dealkylation sites (tertiary alicyclic amines) is 1. The molecule has 1 heterocycles. The van der Waals surface area contributed by atoms with E-state index in [1.807, 2.05) is 30.3 Å². The van der Waals surface area contributed by atoms with Gasteiger partial charge in [-0.1, -0.05) is 42.5 Å². The number of halogens is 1. The molecule has 1 saturated heterocycles. The minimum absolute atomic E-state index is 0.0781. The first-order chi connectivity index (χ1) is 11.5. The lowest BCUT2D eigenvalue weighted by atomic mass is 9.80. The third-order valence-electron chi connectivity index (χ3n) is 4.48. The van der Waals surface area contributed by atoms with E-state index in [1.54, 1.807) is 17.0 Å². The Morgan fingerprint density at radius 2 is 1.79 bits per heavy atom. The zero-order valence-electron chi connectivity index (χ0n) is 13.1. The highest BCUT2D eigenvalue weighted by Crippen LogP contribution is 2.34. The summed E-state index contributed by atoms with van der Waals surface area (Å²) in [6.45, 7) is 0.560.